The number of nitrogens with one attached hydrogen (secondary N) is 2. The number of anilines is 1. The van der Waals surface area contributed by atoms with E-state index >= 15 is 0 Å². The Hall–Kier alpha value is -4.51. The minimum atomic E-state index is -1.00. The number of nitrogens with zero attached hydrogens (tertiary/aromatic N) is 3. The van der Waals surface area contributed by atoms with Crippen molar-refractivity contribution < 1.29 is 18.9 Å². The van der Waals surface area contributed by atoms with Gasteiger partial charge in [-0.05, 0) is 42.8 Å². The molecule has 1 atom stereocenters. The van der Waals surface area contributed by atoms with E-state index in [1.165, 1.54) is 30.3 Å². The lowest BCUT2D eigenvalue weighted by atomic mass is 10.0. The summed E-state index contributed by atoms with van der Waals surface area (Å²) in [6.07, 6.45) is 0.177. The lowest BCUT2D eigenvalue weighted by Gasteiger charge is -2.18. The predicted molar refractivity (Wildman–Crippen MR) is 133 cm³/mol. The number of hydrogen-bond donors (Lipinski definition) is 2. The normalized spacial score (nSPS) is 11.5. The number of amides is 2. The quantitative estimate of drug-likeness (QED) is 0.267. The van der Waals surface area contributed by atoms with E-state index in [1.807, 2.05) is 30.3 Å². The van der Waals surface area contributed by atoms with E-state index < -0.39 is 22.8 Å². The molecule has 0 aliphatic rings. The summed E-state index contributed by atoms with van der Waals surface area (Å²) in [5.74, 6) is -1.54. The molecule has 1 aromatic heterocycles. The van der Waals surface area contributed by atoms with Gasteiger partial charge in [-0.2, -0.15) is 0 Å². The number of aryl methyl sites for hydroxylation is 1. The number of carbonyl (C=O) groups is 2. The third-order valence-electron chi connectivity index (χ3n) is 5.32. The smallest absolute Gasteiger partial charge is 0.273 e. The van der Waals surface area contributed by atoms with Crippen molar-refractivity contribution in [1.82, 2.24) is 15.5 Å². The van der Waals surface area contributed by atoms with Crippen LogP contribution in [0.3, 0.4) is 0 Å². The van der Waals surface area contributed by atoms with Crippen LogP contribution in [-0.4, -0.2) is 33.0 Å². The van der Waals surface area contributed by atoms with Crippen LogP contribution in [0.2, 0.25) is 0 Å². The molecule has 0 fully saturated rings. The van der Waals surface area contributed by atoms with Gasteiger partial charge in [0.1, 0.15) is 16.9 Å². The van der Waals surface area contributed by atoms with Crippen LogP contribution < -0.4 is 10.6 Å². The molecule has 0 aliphatic heterocycles. The molecule has 0 spiro atoms. The number of aromatic nitrogens is 2. The highest BCUT2D eigenvalue weighted by Crippen LogP contribution is 2.26. The third-order valence-corrected chi connectivity index (χ3v) is 6.21. The summed E-state index contributed by atoms with van der Waals surface area (Å²) >= 11 is 1.10. The molecule has 4 rings (SSSR count). The van der Waals surface area contributed by atoms with Crippen LogP contribution in [0.15, 0.2) is 72.8 Å². The second kappa shape index (κ2) is 10.8. The van der Waals surface area contributed by atoms with E-state index in [2.05, 4.69) is 20.8 Å². The van der Waals surface area contributed by atoms with Crippen LogP contribution in [-0.2, 0) is 11.2 Å². The number of nitro groups is 1. The van der Waals surface area contributed by atoms with Crippen molar-refractivity contribution in [2.24, 2.45) is 0 Å². The van der Waals surface area contributed by atoms with E-state index in [9.17, 15) is 24.1 Å². The molecule has 0 radical (unpaired) electrons. The second-order valence-electron chi connectivity index (χ2n) is 7.88. The fourth-order valence-electron chi connectivity index (χ4n) is 3.42. The van der Waals surface area contributed by atoms with Crippen molar-refractivity contribution in [2.45, 2.75) is 19.4 Å². The Labute approximate surface area is 209 Å². The van der Waals surface area contributed by atoms with Gasteiger partial charge in [0.2, 0.25) is 11.0 Å². The van der Waals surface area contributed by atoms with Crippen molar-refractivity contribution >= 4 is 34.0 Å². The zero-order chi connectivity index (χ0) is 25.7. The van der Waals surface area contributed by atoms with Crippen LogP contribution in [0.25, 0.3) is 10.6 Å². The molecule has 2 N–H and O–H groups in total. The first kappa shape index (κ1) is 24.6. The summed E-state index contributed by atoms with van der Waals surface area (Å²) in [6, 6.07) is 18.0. The summed E-state index contributed by atoms with van der Waals surface area (Å²) in [5.41, 5.74) is 1.74. The van der Waals surface area contributed by atoms with Gasteiger partial charge in [-0.25, -0.2) is 4.39 Å². The highest BCUT2D eigenvalue weighted by molar-refractivity contribution is 7.18. The molecule has 4 aromatic rings. The van der Waals surface area contributed by atoms with E-state index in [0.29, 0.717) is 16.1 Å². The summed E-state index contributed by atoms with van der Waals surface area (Å²) in [5, 5.41) is 25.3. The first-order chi connectivity index (χ1) is 17.3. The highest BCUT2D eigenvalue weighted by atomic mass is 32.1. The summed E-state index contributed by atoms with van der Waals surface area (Å²) < 4.78 is 13.2. The van der Waals surface area contributed by atoms with Crippen molar-refractivity contribution in [2.75, 3.05) is 5.32 Å². The monoisotopic (exact) mass is 505 g/mol. The lowest BCUT2D eigenvalue weighted by Crippen LogP contribution is -2.45. The van der Waals surface area contributed by atoms with Crippen molar-refractivity contribution in [3.8, 4) is 10.6 Å². The zero-order valence-corrected chi connectivity index (χ0v) is 19.8. The lowest BCUT2D eigenvalue weighted by molar-refractivity contribution is -0.385. The number of rotatable bonds is 8. The maximum atomic E-state index is 13.2. The molecule has 0 saturated heterocycles. The molecule has 0 aliphatic carbocycles. The molecular formula is C25H20FN5O4S. The van der Waals surface area contributed by atoms with E-state index in [-0.39, 0.29) is 28.6 Å². The predicted octanol–water partition coefficient (Wildman–Crippen LogP) is 4.54. The SMILES string of the molecule is Cc1ccc(C(=O)N[C@@H](Cc2ccccc2)C(=O)Nc2nnc(-c3ccc(F)cc3)s2)cc1[N+](=O)[O-]. The average Bonchev–Trinajstić information content (AvgIpc) is 3.33. The fraction of sp³-hybridized carbons (Fsp3) is 0.120. The van der Waals surface area contributed by atoms with Gasteiger partial charge in [0.05, 0.1) is 4.92 Å². The number of benzene rings is 3. The molecule has 182 valence electrons. The van der Waals surface area contributed by atoms with Crippen LogP contribution in [0.5, 0.6) is 0 Å². The van der Waals surface area contributed by atoms with Crippen LogP contribution in [0, 0.1) is 22.9 Å². The van der Waals surface area contributed by atoms with Gasteiger partial charge in [0.25, 0.3) is 11.6 Å². The first-order valence-electron chi connectivity index (χ1n) is 10.8. The molecule has 1 heterocycles. The number of halogens is 1. The Bertz CT molecular complexity index is 1410. The van der Waals surface area contributed by atoms with Gasteiger partial charge < -0.3 is 5.32 Å². The van der Waals surface area contributed by atoms with Gasteiger partial charge >= 0.3 is 0 Å². The Kier molecular flexibility index (Phi) is 7.40. The number of hydrogen-bond acceptors (Lipinski definition) is 7. The van der Waals surface area contributed by atoms with E-state index in [0.717, 1.165) is 16.9 Å². The Balaban J connectivity index is 1.54. The Morgan fingerprint density at radius 1 is 1.06 bits per heavy atom. The minimum absolute atomic E-state index is 0.0627. The summed E-state index contributed by atoms with van der Waals surface area (Å²) in [7, 11) is 0. The Morgan fingerprint density at radius 2 is 1.78 bits per heavy atom. The average molecular weight is 506 g/mol. The molecule has 2 amide bonds. The van der Waals surface area contributed by atoms with E-state index in [4.69, 9.17) is 0 Å². The molecule has 3 aromatic carbocycles. The Morgan fingerprint density at radius 3 is 2.47 bits per heavy atom. The maximum Gasteiger partial charge on any atom is 0.273 e. The van der Waals surface area contributed by atoms with Gasteiger partial charge in [-0.3, -0.25) is 25.0 Å². The van der Waals surface area contributed by atoms with Crippen molar-refractivity contribution in [3.05, 3.63) is 105 Å². The molecule has 9 nitrogen and oxygen atoms in total. The van der Waals surface area contributed by atoms with Crippen LogP contribution in [0.4, 0.5) is 15.2 Å². The van der Waals surface area contributed by atoms with Gasteiger partial charge in [-0.15, -0.1) is 10.2 Å². The van der Waals surface area contributed by atoms with Crippen molar-refractivity contribution in [1.29, 1.82) is 0 Å². The molecular weight excluding hydrogens is 485 g/mol. The minimum Gasteiger partial charge on any atom is -0.340 e. The van der Waals surface area contributed by atoms with Crippen LogP contribution in [0.1, 0.15) is 21.5 Å². The van der Waals surface area contributed by atoms with Gasteiger partial charge in [-0.1, -0.05) is 47.7 Å². The molecule has 11 heteroatoms. The third kappa shape index (κ3) is 5.94. The molecule has 0 bridgehead atoms. The maximum absolute atomic E-state index is 13.2. The van der Waals surface area contributed by atoms with Gasteiger partial charge in [0, 0.05) is 29.2 Å². The van der Waals surface area contributed by atoms with Crippen molar-refractivity contribution in [3.63, 3.8) is 0 Å². The fourth-order valence-corrected chi connectivity index (χ4v) is 4.18. The number of nitro benzene ring substituents is 1. The van der Waals surface area contributed by atoms with Crippen LogP contribution >= 0.6 is 11.3 Å². The van der Waals surface area contributed by atoms with E-state index in [1.54, 1.807) is 19.1 Å². The topological polar surface area (TPSA) is 127 Å². The molecule has 0 saturated carbocycles. The number of carbonyl (C=O) groups excluding carboxylic acids is 2. The second-order valence-corrected chi connectivity index (χ2v) is 8.86. The summed E-state index contributed by atoms with van der Waals surface area (Å²) in [6.45, 7) is 1.58. The summed E-state index contributed by atoms with van der Waals surface area (Å²) in [4.78, 5) is 36.8. The van der Waals surface area contributed by atoms with Gasteiger partial charge in [0.15, 0.2) is 0 Å². The standard InChI is InChI=1S/C25H20FN5O4S/c1-15-7-8-18(14-21(15)31(34)35)22(32)27-20(13-16-5-3-2-4-6-16)23(33)28-25-30-29-24(36-25)17-9-11-19(26)12-10-17/h2-12,14,20H,13H2,1H3,(H,27,32)(H,28,30,33)/t20-/m0/s1. The zero-order valence-electron chi connectivity index (χ0n) is 19.0. The molecule has 0 unspecified atom stereocenters. The first-order valence-corrected chi connectivity index (χ1v) is 11.6. The largest absolute Gasteiger partial charge is 0.340 e. The highest BCUT2D eigenvalue weighted by Gasteiger charge is 2.24. The molecule has 36 heavy (non-hydrogen) atoms.